The van der Waals surface area contributed by atoms with E-state index in [0.717, 1.165) is 24.3 Å². The quantitative estimate of drug-likeness (QED) is 0.568. The molecule has 2 aromatic rings. The highest BCUT2D eigenvalue weighted by Crippen LogP contribution is 2.41. The molecular formula is C16H10BF7O2. The van der Waals surface area contributed by atoms with E-state index in [1.54, 1.807) is 0 Å². The number of fused-ring (bicyclic) bond motifs is 1. The molecule has 0 aromatic heterocycles. The predicted molar refractivity (Wildman–Crippen MR) is 79.8 cm³/mol. The van der Waals surface area contributed by atoms with Crippen LogP contribution in [0.25, 0.3) is 11.1 Å². The maximum Gasteiger partial charge on any atom is 0.576 e. The van der Waals surface area contributed by atoms with E-state index in [9.17, 15) is 30.7 Å². The third kappa shape index (κ3) is 4.05. The molecule has 10 heteroatoms. The third-order valence-corrected chi connectivity index (χ3v) is 3.74. The molecule has 0 fully saturated rings. The SMILES string of the molecule is Fc1c(-c2cc(CC(F)(F)F)ccc2CC(F)(F)F)ccc2c1OBO2. The van der Waals surface area contributed by atoms with Crippen molar-refractivity contribution in [1.82, 2.24) is 0 Å². The number of hydrogen-bond donors (Lipinski definition) is 0. The van der Waals surface area contributed by atoms with Gasteiger partial charge in [0.25, 0.3) is 0 Å². The molecule has 0 spiro atoms. The fourth-order valence-corrected chi connectivity index (χ4v) is 2.73. The zero-order valence-corrected chi connectivity index (χ0v) is 13.0. The van der Waals surface area contributed by atoms with Crippen LogP contribution in [-0.4, -0.2) is 20.0 Å². The van der Waals surface area contributed by atoms with Crippen LogP contribution in [0.2, 0.25) is 0 Å². The van der Waals surface area contributed by atoms with Crippen molar-refractivity contribution in [2.75, 3.05) is 0 Å². The first-order chi connectivity index (χ1) is 12.0. The van der Waals surface area contributed by atoms with Gasteiger partial charge in [-0.15, -0.1) is 0 Å². The van der Waals surface area contributed by atoms with Crippen LogP contribution in [0.5, 0.6) is 11.5 Å². The fourth-order valence-electron chi connectivity index (χ4n) is 2.73. The Bertz CT molecular complexity index is 831. The summed E-state index contributed by atoms with van der Waals surface area (Å²) in [5.74, 6) is -1.18. The Hall–Kier alpha value is -2.39. The predicted octanol–water partition coefficient (Wildman–Crippen LogP) is 4.74. The van der Waals surface area contributed by atoms with Crippen LogP contribution < -0.4 is 9.31 Å². The van der Waals surface area contributed by atoms with Crippen LogP contribution in [0.15, 0.2) is 30.3 Å². The van der Waals surface area contributed by atoms with E-state index in [-0.39, 0.29) is 41.4 Å². The van der Waals surface area contributed by atoms with Crippen molar-refractivity contribution >= 4 is 7.69 Å². The third-order valence-electron chi connectivity index (χ3n) is 3.74. The molecule has 0 radical (unpaired) electrons. The van der Waals surface area contributed by atoms with E-state index in [0.29, 0.717) is 0 Å². The standard InChI is InChI=1S/C16H10BF7O2/c18-13-10(3-4-12-14(13)26-17-25-12)11-5-8(6-15(19,20)21)1-2-9(11)7-16(22,23)24/h1-5,17H,6-7H2. The lowest BCUT2D eigenvalue weighted by Gasteiger charge is -2.16. The molecule has 0 N–H and O–H groups in total. The lowest BCUT2D eigenvalue weighted by molar-refractivity contribution is -0.128. The zero-order chi connectivity index (χ0) is 19.1. The van der Waals surface area contributed by atoms with Gasteiger partial charge in [0.15, 0.2) is 11.6 Å². The van der Waals surface area contributed by atoms with E-state index in [1.165, 1.54) is 6.07 Å². The van der Waals surface area contributed by atoms with Crippen molar-refractivity contribution in [3.05, 3.63) is 47.3 Å². The average molecular weight is 378 g/mol. The molecule has 0 aliphatic carbocycles. The molecule has 3 rings (SSSR count). The van der Waals surface area contributed by atoms with Crippen molar-refractivity contribution in [2.45, 2.75) is 25.2 Å². The van der Waals surface area contributed by atoms with Crippen molar-refractivity contribution in [3.63, 3.8) is 0 Å². The normalized spacial score (nSPS) is 13.7. The number of hydrogen-bond acceptors (Lipinski definition) is 2. The molecule has 2 nitrogen and oxygen atoms in total. The molecule has 0 bridgehead atoms. The van der Waals surface area contributed by atoms with Gasteiger partial charge in [-0.05, 0) is 28.8 Å². The first kappa shape index (κ1) is 18.4. The van der Waals surface area contributed by atoms with Crippen LogP contribution >= 0.6 is 0 Å². The summed E-state index contributed by atoms with van der Waals surface area (Å²) < 4.78 is 101. The van der Waals surface area contributed by atoms with Gasteiger partial charge in [-0.25, -0.2) is 4.39 Å². The topological polar surface area (TPSA) is 18.5 Å². The highest BCUT2D eigenvalue weighted by molar-refractivity contribution is 6.23. The van der Waals surface area contributed by atoms with Crippen LogP contribution in [0.1, 0.15) is 11.1 Å². The number of halogens is 7. The Labute approximate surface area is 143 Å². The first-order valence-corrected chi connectivity index (χ1v) is 7.37. The maximum absolute atomic E-state index is 14.6. The Morgan fingerprint density at radius 1 is 0.808 bits per heavy atom. The second-order valence-corrected chi connectivity index (χ2v) is 5.74. The minimum Gasteiger partial charge on any atom is -0.526 e. The maximum atomic E-state index is 14.6. The van der Waals surface area contributed by atoms with E-state index in [1.807, 2.05) is 0 Å². The van der Waals surface area contributed by atoms with Crippen molar-refractivity contribution < 1.29 is 40.0 Å². The summed E-state index contributed by atoms with van der Waals surface area (Å²) >= 11 is 0. The Morgan fingerprint density at radius 3 is 2.15 bits per heavy atom. The second-order valence-electron chi connectivity index (χ2n) is 5.74. The molecule has 0 atom stereocenters. The smallest absolute Gasteiger partial charge is 0.526 e. The number of rotatable bonds is 3. The van der Waals surface area contributed by atoms with Gasteiger partial charge in [0.05, 0.1) is 12.8 Å². The summed E-state index contributed by atoms with van der Waals surface area (Å²) in [4.78, 5) is 0. The molecule has 0 unspecified atom stereocenters. The fraction of sp³-hybridized carbons (Fsp3) is 0.250. The average Bonchev–Trinajstić information content (AvgIpc) is 2.96. The van der Waals surface area contributed by atoms with Crippen LogP contribution in [0, 0.1) is 5.82 Å². The molecule has 0 saturated carbocycles. The van der Waals surface area contributed by atoms with Gasteiger partial charge in [-0.1, -0.05) is 18.2 Å². The molecule has 0 amide bonds. The Morgan fingerprint density at radius 2 is 1.50 bits per heavy atom. The van der Waals surface area contributed by atoms with Gasteiger partial charge in [0.2, 0.25) is 0 Å². The minimum atomic E-state index is -4.60. The van der Waals surface area contributed by atoms with Crippen LogP contribution in [-0.2, 0) is 12.8 Å². The number of alkyl halides is 6. The van der Waals surface area contributed by atoms with E-state index in [2.05, 4.69) is 0 Å². The molecule has 1 aliphatic rings. The lowest BCUT2D eigenvalue weighted by atomic mass is 9.93. The molecule has 138 valence electrons. The van der Waals surface area contributed by atoms with E-state index >= 15 is 0 Å². The number of benzene rings is 2. The summed E-state index contributed by atoms with van der Waals surface area (Å²) in [6.07, 6.45) is -11.9. The summed E-state index contributed by atoms with van der Waals surface area (Å²) in [6.45, 7) is 0. The first-order valence-electron chi connectivity index (χ1n) is 7.37. The van der Waals surface area contributed by atoms with Crippen molar-refractivity contribution in [2.24, 2.45) is 0 Å². The van der Waals surface area contributed by atoms with Crippen molar-refractivity contribution in [1.29, 1.82) is 0 Å². The second kappa shape index (κ2) is 6.41. The van der Waals surface area contributed by atoms with Gasteiger partial charge in [0, 0.05) is 5.56 Å². The molecule has 2 aromatic carbocycles. The molecular weight excluding hydrogens is 368 g/mol. The monoisotopic (exact) mass is 378 g/mol. The van der Waals surface area contributed by atoms with E-state index in [4.69, 9.17) is 9.31 Å². The summed E-state index contributed by atoms with van der Waals surface area (Å²) in [6, 6.07) is 5.29. The highest BCUT2D eigenvalue weighted by Gasteiger charge is 2.32. The van der Waals surface area contributed by atoms with Crippen molar-refractivity contribution in [3.8, 4) is 22.6 Å². The summed E-state index contributed by atoms with van der Waals surface area (Å²) in [5.41, 5.74) is -1.14. The van der Waals surface area contributed by atoms with Gasteiger partial charge in [-0.2, -0.15) is 26.3 Å². The molecule has 0 saturated heterocycles. The van der Waals surface area contributed by atoms with Gasteiger partial charge >= 0.3 is 20.0 Å². The largest absolute Gasteiger partial charge is 0.576 e. The lowest BCUT2D eigenvalue weighted by Crippen LogP contribution is -2.14. The van der Waals surface area contributed by atoms with Crippen LogP contribution in [0.4, 0.5) is 30.7 Å². The van der Waals surface area contributed by atoms with Gasteiger partial charge < -0.3 is 9.31 Å². The minimum absolute atomic E-state index is 0.0788. The summed E-state index contributed by atoms with van der Waals surface area (Å²) in [5, 5.41) is 0. The Balaban J connectivity index is 2.12. The summed E-state index contributed by atoms with van der Waals surface area (Å²) in [7, 11) is -0.251. The van der Waals surface area contributed by atoms with E-state index < -0.39 is 31.0 Å². The molecule has 1 aliphatic heterocycles. The zero-order valence-electron chi connectivity index (χ0n) is 13.0. The van der Waals surface area contributed by atoms with Crippen LogP contribution in [0.3, 0.4) is 0 Å². The highest BCUT2D eigenvalue weighted by atomic mass is 19.4. The van der Waals surface area contributed by atoms with Gasteiger partial charge in [-0.3, -0.25) is 0 Å². The molecule has 26 heavy (non-hydrogen) atoms. The van der Waals surface area contributed by atoms with Gasteiger partial charge in [0.1, 0.15) is 5.75 Å². The Kier molecular flexibility index (Phi) is 4.53. The molecule has 1 heterocycles.